The van der Waals surface area contributed by atoms with Crippen LogP contribution in [0, 0.1) is 5.82 Å². The number of carbonyl (C=O) groups is 3. The van der Waals surface area contributed by atoms with Crippen LogP contribution in [-0.4, -0.2) is 29.2 Å². The lowest BCUT2D eigenvalue weighted by atomic mass is 10.1. The number of amides is 3. The van der Waals surface area contributed by atoms with Crippen LogP contribution in [0.25, 0.3) is 0 Å². The van der Waals surface area contributed by atoms with E-state index in [0.29, 0.717) is 29.0 Å². The van der Waals surface area contributed by atoms with Crippen LogP contribution >= 0.6 is 11.6 Å². The van der Waals surface area contributed by atoms with E-state index in [-0.39, 0.29) is 22.8 Å². The van der Waals surface area contributed by atoms with Crippen molar-refractivity contribution >= 4 is 35.0 Å². The van der Waals surface area contributed by atoms with Gasteiger partial charge in [0.05, 0.1) is 40.6 Å². The van der Waals surface area contributed by atoms with Gasteiger partial charge >= 0.3 is 0 Å². The standard InChI is InChI=1S/C24H18ClFN2O4/c1-2-32-20-11-10-14(13-28-23(30)15-6-3-4-7-16(15)24(28)31)12-17(20)22(29)27-19-9-5-8-18(25)21(19)26/h3-12H,2,13H2,1H3,(H,27,29). The second-order valence-corrected chi connectivity index (χ2v) is 7.47. The minimum atomic E-state index is -0.748. The van der Waals surface area contributed by atoms with Gasteiger partial charge in [0.15, 0.2) is 5.82 Å². The molecular weight excluding hydrogens is 435 g/mol. The summed E-state index contributed by atoms with van der Waals surface area (Å²) in [6.45, 7) is 2.05. The molecule has 1 heterocycles. The van der Waals surface area contributed by atoms with E-state index in [2.05, 4.69) is 5.32 Å². The van der Waals surface area contributed by atoms with Crippen LogP contribution in [0.3, 0.4) is 0 Å². The van der Waals surface area contributed by atoms with Crippen molar-refractivity contribution in [2.45, 2.75) is 13.5 Å². The van der Waals surface area contributed by atoms with Crippen molar-refractivity contribution in [3.63, 3.8) is 0 Å². The number of fused-ring (bicyclic) bond motifs is 1. The van der Waals surface area contributed by atoms with Crippen molar-refractivity contribution in [2.75, 3.05) is 11.9 Å². The van der Waals surface area contributed by atoms with E-state index in [9.17, 15) is 18.8 Å². The van der Waals surface area contributed by atoms with Gasteiger partial charge in [0, 0.05) is 0 Å². The third-order valence-corrected chi connectivity index (χ3v) is 5.30. The Labute approximate surface area is 188 Å². The molecule has 0 aromatic heterocycles. The van der Waals surface area contributed by atoms with Crippen molar-refractivity contribution in [3.05, 3.63) is 93.8 Å². The smallest absolute Gasteiger partial charge is 0.261 e. The Balaban J connectivity index is 1.62. The average Bonchev–Trinajstić information content (AvgIpc) is 3.03. The maximum Gasteiger partial charge on any atom is 0.261 e. The normalized spacial score (nSPS) is 12.7. The molecule has 4 rings (SSSR count). The zero-order valence-corrected chi connectivity index (χ0v) is 17.8. The Morgan fingerprint density at radius 3 is 2.38 bits per heavy atom. The third kappa shape index (κ3) is 3.94. The first-order chi connectivity index (χ1) is 15.4. The zero-order valence-electron chi connectivity index (χ0n) is 17.0. The number of hydrogen-bond acceptors (Lipinski definition) is 4. The minimum Gasteiger partial charge on any atom is -0.493 e. The van der Waals surface area contributed by atoms with Gasteiger partial charge in [-0.25, -0.2) is 4.39 Å². The van der Waals surface area contributed by atoms with Crippen molar-refractivity contribution < 1.29 is 23.5 Å². The van der Waals surface area contributed by atoms with E-state index in [0.717, 1.165) is 4.90 Å². The molecule has 3 aromatic carbocycles. The third-order valence-electron chi connectivity index (χ3n) is 5.01. The van der Waals surface area contributed by atoms with Crippen LogP contribution in [-0.2, 0) is 6.54 Å². The Hall–Kier alpha value is -3.71. The summed E-state index contributed by atoms with van der Waals surface area (Å²) >= 11 is 5.79. The number of halogens is 2. The lowest BCUT2D eigenvalue weighted by molar-refractivity contribution is 0.0642. The Morgan fingerprint density at radius 1 is 1.03 bits per heavy atom. The van der Waals surface area contributed by atoms with Gasteiger partial charge in [-0.2, -0.15) is 0 Å². The van der Waals surface area contributed by atoms with Gasteiger partial charge in [-0.1, -0.05) is 35.9 Å². The lowest BCUT2D eigenvalue weighted by Crippen LogP contribution is -2.29. The highest BCUT2D eigenvalue weighted by Crippen LogP contribution is 2.28. The van der Waals surface area contributed by atoms with Gasteiger partial charge in [0.1, 0.15) is 5.75 Å². The van der Waals surface area contributed by atoms with Crippen molar-refractivity contribution in [1.82, 2.24) is 4.90 Å². The number of rotatable bonds is 6. The maximum absolute atomic E-state index is 14.2. The summed E-state index contributed by atoms with van der Waals surface area (Å²) in [5.41, 5.74) is 1.30. The first-order valence-corrected chi connectivity index (χ1v) is 10.2. The Morgan fingerprint density at radius 2 is 1.72 bits per heavy atom. The van der Waals surface area contributed by atoms with Crippen molar-refractivity contribution in [3.8, 4) is 5.75 Å². The molecule has 162 valence electrons. The molecule has 1 N–H and O–H groups in total. The van der Waals surface area contributed by atoms with Crippen LogP contribution in [0.15, 0.2) is 60.7 Å². The summed E-state index contributed by atoms with van der Waals surface area (Å²) in [4.78, 5) is 39.4. The second-order valence-electron chi connectivity index (χ2n) is 7.06. The first-order valence-electron chi connectivity index (χ1n) is 9.87. The quantitative estimate of drug-likeness (QED) is 0.538. The highest BCUT2D eigenvalue weighted by atomic mass is 35.5. The minimum absolute atomic E-state index is 0.0233. The second kappa shape index (κ2) is 8.80. The molecule has 0 unspecified atom stereocenters. The molecule has 0 fully saturated rings. The van der Waals surface area contributed by atoms with Gasteiger partial charge in [-0.15, -0.1) is 0 Å². The van der Waals surface area contributed by atoms with Crippen molar-refractivity contribution in [2.24, 2.45) is 0 Å². The molecule has 0 bridgehead atoms. The van der Waals surface area contributed by atoms with Gasteiger partial charge in [0.25, 0.3) is 17.7 Å². The molecule has 3 aromatic rings. The van der Waals surface area contributed by atoms with Gasteiger partial charge in [0.2, 0.25) is 0 Å². The molecule has 1 aliphatic rings. The number of hydrogen-bond donors (Lipinski definition) is 1. The number of ether oxygens (including phenoxy) is 1. The average molecular weight is 453 g/mol. The van der Waals surface area contributed by atoms with Crippen LogP contribution in [0.4, 0.5) is 10.1 Å². The SMILES string of the molecule is CCOc1ccc(CN2C(=O)c3ccccc3C2=O)cc1C(=O)Nc1cccc(Cl)c1F. The number of imide groups is 1. The molecular formula is C24H18ClFN2O4. The number of carbonyl (C=O) groups excluding carboxylic acids is 3. The molecule has 8 heteroatoms. The summed E-state index contributed by atoms with van der Waals surface area (Å²) in [7, 11) is 0. The molecule has 0 aliphatic carbocycles. The molecule has 1 aliphatic heterocycles. The fraction of sp³-hybridized carbons (Fsp3) is 0.125. The molecule has 0 saturated carbocycles. The van der Waals surface area contributed by atoms with Crippen LogP contribution < -0.4 is 10.1 Å². The van der Waals surface area contributed by atoms with Gasteiger partial charge in [-0.05, 0) is 48.9 Å². The maximum atomic E-state index is 14.2. The fourth-order valence-corrected chi connectivity index (χ4v) is 3.66. The van der Waals surface area contributed by atoms with Crippen LogP contribution in [0.5, 0.6) is 5.75 Å². The van der Waals surface area contributed by atoms with Crippen LogP contribution in [0.2, 0.25) is 5.02 Å². The number of nitrogens with one attached hydrogen (secondary N) is 1. The Kier molecular flexibility index (Phi) is 5.92. The van der Waals surface area contributed by atoms with E-state index in [1.165, 1.54) is 24.3 Å². The number of nitrogens with zero attached hydrogens (tertiary/aromatic N) is 1. The first kappa shape index (κ1) is 21.5. The van der Waals surface area contributed by atoms with E-state index in [4.69, 9.17) is 16.3 Å². The fourth-order valence-electron chi connectivity index (χ4n) is 3.49. The summed E-state index contributed by atoms with van der Waals surface area (Å²) in [6, 6.07) is 15.7. The highest BCUT2D eigenvalue weighted by molar-refractivity contribution is 6.31. The van der Waals surface area contributed by atoms with E-state index in [1.54, 1.807) is 43.3 Å². The molecule has 0 atom stereocenters. The predicted molar refractivity (Wildman–Crippen MR) is 118 cm³/mol. The van der Waals surface area contributed by atoms with Crippen LogP contribution in [0.1, 0.15) is 43.6 Å². The highest BCUT2D eigenvalue weighted by Gasteiger charge is 2.35. The lowest BCUT2D eigenvalue weighted by Gasteiger charge is -2.16. The predicted octanol–water partition coefficient (Wildman–Crippen LogP) is 4.93. The summed E-state index contributed by atoms with van der Waals surface area (Å²) in [6.07, 6.45) is 0. The van der Waals surface area contributed by atoms with Gasteiger partial charge < -0.3 is 10.1 Å². The summed E-state index contributed by atoms with van der Waals surface area (Å²) in [5, 5.41) is 2.37. The number of anilines is 1. The topological polar surface area (TPSA) is 75.7 Å². The zero-order chi connectivity index (χ0) is 22.8. The molecule has 0 spiro atoms. The largest absolute Gasteiger partial charge is 0.493 e. The molecule has 3 amide bonds. The summed E-state index contributed by atoms with van der Waals surface area (Å²) in [5.74, 6) is -1.86. The van der Waals surface area contributed by atoms with E-state index >= 15 is 0 Å². The van der Waals surface area contributed by atoms with Crippen molar-refractivity contribution in [1.29, 1.82) is 0 Å². The van der Waals surface area contributed by atoms with E-state index in [1.807, 2.05) is 0 Å². The monoisotopic (exact) mass is 452 g/mol. The molecule has 6 nitrogen and oxygen atoms in total. The molecule has 0 saturated heterocycles. The van der Waals surface area contributed by atoms with E-state index < -0.39 is 23.5 Å². The molecule has 0 radical (unpaired) electrons. The van der Waals surface area contributed by atoms with Gasteiger partial charge in [-0.3, -0.25) is 19.3 Å². The molecule has 32 heavy (non-hydrogen) atoms. The Bertz CT molecular complexity index is 1210. The summed E-state index contributed by atoms with van der Waals surface area (Å²) < 4.78 is 19.8. The number of benzene rings is 3.